The molecule has 0 spiro atoms. The summed E-state index contributed by atoms with van der Waals surface area (Å²) < 4.78 is 6.82. The van der Waals surface area contributed by atoms with Crippen molar-refractivity contribution in [2.45, 2.75) is 31.8 Å². The van der Waals surface area contributed by atoms with Gasteiger partial charge in [0.25, 0.3) is 0 Å². The van der Waals surface area contributed by atoms with Gasteiger partial charge in [-0.25, -0.2) is 0 Å². The second-order valence-corrected chi connectivity index (χ2v) is 8.61. The van der Waals surface area contributed by atoms with Gasteiger partial charge in [-0.3, -0.25) is 24.5 Å². The number of rotatable bonds is 4. The van der Waals surface area contributed by atoms with E-state index in [1.165, 1.54) is 10.6 Å². The third-order valence-corrected chi connectivity index (χ3v) is 6.58. The van der Waals surface area contributed by atoms with Gasteiger partial charge in [-0.2, -0.15) is 0 Å². The molecule has 3 aliphatic heterocycles. The van der Waals surface area contributed by atoms with Crippen molar-refractivity contribution < 1.29 is 18.9 Å². The minimum absolute atomic E-state index is 0.0392. The molecule has 3 atom stereocenters. The molecule has 0 radical (unpaired) electrons. The van der Waals surface area contributed by atoms with Gasteiger partial charge in [0, 0.05) is 50.3 Å². The zero-order valence-corrected chi connectivity index (χ0v) is 16.8. The Morgan fingerprint density at radius 2 is 2.00 bits per heavy atom. The predicted octanol–water partition coefficient (Wildman–Crippen LogP) is 1.34. The lowest BCUT2D eigenvalue weighted by atomic mass is 9.82. The molecule has 2 aromatic rings. The highest BCUT2D eigenvalue weighted by atomic mass is 16.6. The first-order chi connectivity index (χ1) is 14.9. The Labute approximate surface area is 177 Å². The molecule has 0 aromatic carbocycles. The van der Waals surface area contributed by atoms with Crippen LogP contribution in [0.3, 0.4) is 0 Å². The number of amides is 2. The maximum absolute atomic E-state index is 13.2. The number of furan rings is 1. The first kappa shape index (κ1) is 19.5. The van der Waals surface area contributed by atoms with E-state index < -0.39 is 16.2 Å². The summed E-state index contributed by atoms with van der Waals surface area (Å²) in [7, 11) is 0. The summed E-state index contributed by atoms with van der Waals surface area (Å²) in [4.78, 5) is 52.0. The third kappa shape index (κ3) is 3.41. The van der Waals surface area contributed by atoms with Crippen molar-refractivity contribution in [3.63, 3.8) is 0 Å². The monoisotopic (exact) mass is 426 g/mol. The van der Waals surface area contributed by atoms with Gasteiger partial charge in [0.1, 0.15) is 5.76 Å². The lowest BCUT2D eigenvalue weighted by molar-refractivity contribution is -0.386. The van der Waals surface area contributed by atoms with E-state index in [2.05, 4.69) is 0 Å². The van der Waals surface area contributed by atoms with E-state index in [-0.39, 0.29) is 36.0 Å². The van der Waals surface area contributed by atoms with Crippen molar-refractivity contribution in [2.75, 3.05) is 19.6 Å². The highest BCUT2D eigenvalue weighted by Crippen LogP contribution is 2.36. The molecule has 2 amide bonds. The highest BCUT2D eigenvalue weighted by Gasteiger charge is 2.42. The van der Waals surface area contributed by atoms with Crippen LogP contribution in [-0.4, -0.2) is 50.7 Å². The third-order valence-electron chi connectivity index (χ3n) is 6.58. The van der Waals surface area contributed by atoms with Crippen LogP contribution in [0, 0.1) is 22.0 Å². The van der Waals surface area contributed by atoms with Crippen LogP contribution in [-0.2, 0) is 22.7 Å². The molecule has 0 N–H and O–H groups in total. The van der Waals surface area contributed by atoms with Crippen molar-refractivity contribution >= 4 is 17.5 Å². The number of aromatic nitrogens is 1. The summed E-state index contributed by atoms with van der Waals surface area (Å²) in [6, 6.07) is 6.47. The van der Waals surface area contributed by atoms with Gasteiger partial charge in [0.15, 0.2) is 0 Å². The smallest absolute Gasteiger partial charge is 0.334 e. The molecule has 0 aliphatic carbocycles. The topological polar surface area (TPSA) is 119 Å². The fraction of sp³-hybridized carbons (Fsp3) is 0.476. The summed E-state index contributed by atoms with van der Waals surface area (Å²) in [5.74, 6) is 0.219. The molecule has 10 nitrogen and oxygen atoms in total. The average Bonchev–Trinajstić information content (AvgIpc) is 3.38. The number of nitrogens with zero attached hydrogens (tertiary/aromatic N) is 4. The van der Waals surface area contributed by atoms with E-state index >= 15 is 0 Å². The Morgan fingerprint density at radius 1 is 1.16 bits per heavy atom. The molecule has 3 aliphatic rings. The summed E-state index contributed by atoms with van der Waals surface area (Å²) >= 11 is 0. The van der Waals surface area contributed by atoms with Gasteiger partial charge in [0.05, 0.1) is 23.6 Å². The Balaban J connectivity index is 1.31. The SMILES string of the molecule is O=C1CC(C(=O)N2C[C@H]3C[C@@H](C2)c2ccc([N+](=O)[O-])c(=O)n2C3)CN1Cc1ccco1. The quantitative estimate of drug-likeness (QED) is 0.538. The molecule has 5 heterocycles. The predicted molar refractivity (Wildman–Crippen MR) is 107 cm³/mol. The molecule has 162 valence electrons. The number of piperidine rings is 1. The number of carbonyl (C=O) groups excluding carboxylic acids is 2. The first-order valence-electron chi connectivity index (χ1n) is 10.4. The van der Waals surface area contributed by atoms with Gasteiger partial charge in [0.2, 0.25) is 11.8 Å². The van der Waals surface area contributed by atoms with E-state index in [0.29, 0.717) is 38.5 Å². The fourth-order valence-corrected chi connectivity index (χ4v) is 5.19. The van der Waals surface area contributed by atoms with Gasteiger partial charge in [-0.15, -0.1) is 0 Å². The van der Waals surface area contributed by atoms with Crippen LogP contribution in [0.25, 0.3) is 0 Å². The van der Waals surface area contributed by atoms with Gasteiger partial charge in [-0.05, 0) is 30.5 Å². The number of carbonyl (C=O) groups is 2. The normalized spacial score (nSPS) is 24.9. The van der Waals surface area contributed by atoms with Crippen molar-refractivity contribution in [3.8, 4) is 0 Å². The lowest BCUT2D eigenvalue weighted by Crippen LogP contribution is -2.51. The number of fused-ring (bicyclic) bond motifs is 4. The molecule has 2 saturated heterocycles. The Kier molecular flexibility index (Phi) is 4.64. The fourth-order valence-electron chi connectivity index (χ4n) is 5.19. The maximum Gasteiger partial charge on any atom is 0.334 e. The van der Waals surface area contributed by atoms with Crippen molar-refractivity contribution in [2.24, 2.45) is 11.8 Å². The van der Waals surface area contributed by atoms with Crippen LogP contribution < -0.4 is 5.56 Å². The second-order valence-electron chi connectivity index (χ2n) is 8.61. The van der Waals surface area contributed by atoms with Crippen molar-refractivity contribution in [3.05, 3.63) is 62.5 Å². The molecule has 10 heteroatoms. The number of hydrogen-bond donors (Lipinski definition) is 0. The molecule has 2 fully saturated rings. The Hall–Kier alpha value is -3.43. The standard InChI is InChI=1S/C21H22N4O6/c26-19-7-15(11-22(19)12-16-2-1-5-31-16)20(27)23-8-13-6-14(10-23)17-3-4-18(25(29)30)21(28)24(17)9-13/h1-5,13-15H,6-12H2/t13-,14+,15?/m1/s1. The molecule has 5 rings (SSSR count). The molecule has 1 unspecified atom stereocenters. The minimum Gasteiger partial charge on any atom is -0.467 e. The molecule has 2 aromatic heterocycles. The number of pyridine rings is 1. The zero-order chi connectivity index (χ0) is 21.7. The van der Waals surface area contributed by atoms with E-state index in [0.717, 1.165) is 12.1 Å². The molecule has 2 bridgehead atoms. The van der Waals surface area contributed by atoms with Crippen LogP contribution in [0.5, 0.6) is 0 Å². The molecular formula is C21H22N4O6. The maximum atomic E-state index is 13.2. The van der Waals surface area contributed by atoms with E-state index in [1.54, 1.807) is 29.4 Å². The summed E-state index contributed by atoms with van der Waals surface area (Å²) in [6.45, 7) is 2.04. The van der Waals surface area contributed by atoms with Gasteiger partial charge < -0.3 is 18.8 Å². The van der Waals surface area contributed by atoms with Crippen LogP contribution in [0.2, 0.25) is 0 Å². The average molecular weight is 426 g/mol. The first-order valence-corrected chi connectivity index (χ1v) is 10.4. The van der Waals surface area contributed by atoms with Gasteiger partial charge >= 0.3 is 11.2 Å². The summed E-state index contributed by atoms with van der Waals surface area (Å²) in [6.07, 6.45) is 2.59. The van der Waals surface area contributed by atoms with E-state index in [4.69, 9.17) is 4.42 Å². The molecular weight excluding hydrogens is 404 g/mol. The highest BCUT2D eigenvalue weighted by molar-refractivity contribution is 5.89. The van der Waals surface area contributed by atoms with Crippen molar-refractivity contribution in [1.82, 2.24) is 14.4 Å². The van der Waals surface area contributed by atoms with Crippen molar-refractivity contribution in [1.29, 1.82) is 0 Å². The number of hydrogen-bond acceptors (Lipinski definition) is 6. The van der Waals surface area contributed by atoms with Gasteiger partial charge in [-0.1, -0.05) is 0 Å². The summed E-state index contributed by atoms with van der Waals surface area (Å²) in [5, 5.41) is 11.1. The lowest BCUT2D eigenvalue weighted by Gasteiger charge is -2.43. The number of nitro groups is 1. The van der Waals surface area contributed by atoms with E-state index in [1.807, 2.05) is 4.90 Å². The van der Waals surface area contributed by atoms with Crippen LogP contribution >= 0.6 is 0 Å². The number of likely N-dealkylation sites (tertiary alicyclic amines) is 2. The largest absolute Gasteiger partial charge is 0.467 e. The molecule has 0 saturated carbocycles. The summed E-state index contributed by atoms with van der Waals surface area (Å²) in [5.41, 5.74) is -0.254. The van der Waals surface area contributed by atoms with Crippen LogP contribution in [0.4, 0.5) is 5.69 Å². The van der Waals surface area contributed by atoms with Crippen LogP contribution in [0.15, 0.2) is 39.7 Å². The molecule has 31 heavy (non-hydrogen) atoms. The zero-order valence-electron chi connectivity index (χ0n) is 16.8. The van der Waals surface area contributed by atoms with Crippen LogP contribution in [0.1, 0.15) is 30.2 Å². The second kappa shape index (κ2) is 7.36. The Morgan fingerprint density at radius 3 is 2.74 bits per heavy atom. The minimum atomic E-state index is -0.651. The van der Waals surface area contributed by atoms with E-state index in [9.17, 15) is 24.5 Å². The Bertz CT molecular complexity index is 1110.